The van der Waals surface area contributed by atoms with Crippen LogP contribution in [-0.4, -0.2) is 47.0 Å². The van der Waals surface area contributed by atoms with E-state index < -0.39 is 0 Å². The molecule has 0 saturated carbocycles. The van der Waals surface area contributed by atoms with E-state index in [4.69, 9.17) is 10.5 Å². The third-order valence-corrected chi connectivity index (χ3v) is 3.38. The molecule has 2 heterocycles. The Bertz CT molecular complexity index is 363. The number of hydrogen-bond donors (Lipinski definition) is 1. The molecule has 5 nitrogen and oxygen atoms in total. The number of rotatable bonds is 4. The number of aromatic nitrogens is 2. The molecule has 1 fully saturated rings. The van der Waals surface area contributed by atoms with Crippen molar-refractivity contribution in [1.82, 2.24) is 14.7 Å². The molecule has 0 amide bonds. The molecule has 0 spiro atoms. The predicted octanol–water partition coefficient (Wildman–Crippen LogP) is 0.142. The summed E-state index contributed by atoms with van der Waals surface area (Å²) < 4.78 is 7.43. The molecule has 0 radical (unpaired) electrons. The average molecular weight is 238 g/mol. The Hall–Kier alpha value is -0.910. The summed E-state index contributed by atoms with van der Waals surface area (Å²) in [5.41, 5.74) is 8.18. The maximum atomic E-state index is 5.77. The lowest BCUT2D eigenvalue weighted by molar-refractivity contribution is -0.00892. The second kappa shape index (κ2) is 5.62. The van der Waals surface area contributed by atoms with Gasteiger partial charge in [0.1, 0.15) is 0 Å². The third kappa shape index (κ3) is 2.86. The zero-order valence-electron chi connectivity index (χ0n) is 10.7. The van der Waals surface area contributed by atoms with Gasteiger partial charge in [0.05, 0.1) is 24.6 Å². The first kappa shape index (κ1) is 12.5. The molecule has 0 aliphatic carbocycles. The summed E-state index contributed by atoms with van der Waals surface area (Å²) in [6, 6.07) is 2.52. The van der Waals surface area contributed by atoms with E-state index in [1.165, 1.54) is 5.69 Å². The maximum Gasteiger partial charge on any atom is 0.0634 e. The molecule has 1 aliphatic rings. The molecule has 1 aromatic heterocycles. The Morgan fingerprint density at radius 2 is 2.41 bits per heavy atom. The quantitative estimate of drug-likeness (QED) is 0.811. The molecule has 0 bridgehead atoms. The van der Waals surface area contributed by atoms with Crippen LogP contribution in [0.2, 0.25) is 0 Å². The largest absolute Gasteiger partial charge is 0.378 e. The Balaban J connectivity index is 2.05. The van der Waals surface area contributed by atoms with Crippen molar-refractivity contribution in [1.29, 1.82) is 0 Å². The highest BCUT2D eigenvalue weighted by Gasteiger charge is 2.22. The average Bonchev–Trinajstić information content (AvgIpc) is 2.71. The molecule has 1 atom stereocenters. The van der Waals surface area contributed by atoms with Gasteiger partial charge >= 0.3 is 0 Å². The summed E-state index contributed by atoms with van der Waals surface area (Å²) >= 11 is 0. The highest BCUT2D eigenvalue weighted by molar-refractivity contribution is 5.10. The highest BCUT2D eigenvalue weighted by Crippen LogP contribution is 2.12. The van der Waals surface area contributed by atoms with Crippen molar-refractivity contribution in [2.75, 3.05) is 26.3 Å². The molecular weight excluding hydrogens is 216 g/mol. The Kier molecular flexibility index (Phi) is 4.15. The molecule has 1 aromatic rings. The van der Waals surface area contributed by atoms with Crippen LogP contribution in [0.15, 0.2) is 6.07 Å². The molecular formula is C12H22N4O. The second-order valence-electron chi connectivity index (χ2n) is 4.54. The van der Waals surface area contributed by atoms with E-state index in [9.17, 15) is 0 Å². The lowest BCUT2D eigenvalue weighted by atomic mass is 10.2. The molecule has 5 heteroatoms. The van der Waals surface area contributed by atoms with E-state index >= 15 is 0 Å². The highest BCUT2D eigenvalue weighted by atomic mass is 16.5. The van der Waals surface area contributed by atoms with Gasteiger partial charge in [-0.05, 0) is 12.5 Å². The molecule has 0 aromatic carbocycles. The van der Waals surface area contributed by atoms with Gasteiger partial charge in [0.25, 0.3) is 0 Å². The smallest absolute Gasteiger partial charge is 0.0634 e. The monoisotopic (exact) mass is 238 g/mol. The minimum Gasteiger partial charge on any atom is -0.378 e. The normalized spacial score (nSPS) is 21.9. The third-order valence-electron chi connectivity index (χ3n) is 3.38. The summed E-state index contributed by atoms with van der Waals surface area (Å²) in [5.74, 6) is 0. The van der Waals surface area contributed by atoms with Crippen LogP contribution in [0.25, 0.3) is 0 Å². The SMILES string of the molecule is CCc1cc(CN2CCOCC2CN)n(C)n1. The van der Waals surface area contributed by atoms with Crippen molar-refractivity contribution >= 4 is 0 Å². The first-order valence-corrected chi connectivity index (χ1v) is 6.28. The van der Waals surface area contributed by atoms with Crippen LogP contribution in [0, 0.1) is 0 Å². The minimum absolute atomic E-state index is 0.337. The Morgan fingerprint density at radius 1 is 1.59 bits per heavy atom. The van der Waals surface area contributed by atoms with E-state index in [2.05, 4.69) is 23.0 Å². The van der Waals surface area contributed by atoms with Gasteiger partial charge in [-0.15, -0.1) is 0 Å². The van der Waals surface area contributed by atoms with E-state index in [1.54, 1.807) is 0 Å². The molecule has 1 aliphatic heterocycles. The zero-order valence-corrected chi connectivity index (χ0v) is 10.7. The molecule has 2 rings (SSSR count). The number of ether oxygens (including phenoxy) is 1. The van der Waals surface area contributed by atoms with E-state index in [1.807, 2.05) is 11.7 Å². The second-order valence-corrected chi connectivity index (χ2v) is 4.54. The van der Waals surface area contributed by atoms with Gasteiger partial charge in [0, 0.05) is 32.7 Å². The number of aryl methyl sites for hydroxylation is 2. The fourth-order valence-corrected chi connectivity index (χ4v) is 2.21. The van der Waals surface area contributed by atoms with Crippen molar-refractivity contribution in [2.45, 2.75) is 25.9 Å². The number of nitrogens with zero attached hydrogens (tertiary/aromatic N) is 3. The molecule has 1 saturated heterocycles. The summed E-state index contributed by atoms with van der Waals surface area (Å²) in [7, 11) is 2.01. The van der Waals surface area contributed by atoms with Gasteiger partial charge in [-0.3, -0.25) is 9.58 Å². The van der Waals surface area contributed by atoms with E-state index in [-0.39, 0.29) is 0 Å². The Labute approximate surface area is 103 Å². The summed E-state index contributed by atoms with van der Waals surface area (Å²) in [5, 5.41) is 4.47. The fraction of sp³-hybridized carbons (Fsp3) is 0.750. The van der Waals surface area contributed by atoms with Crippen LogP contribution >= 0.6 is 0 Å². The van der Waals surface area contributed by atoms with Gasteiger partial charge in [0.2, 0.25) is 0 Å². The van der Waals surface area contributed by atoms with Gasteiger partial charge in [-0.2, -0.15) is 5.10 Å². The molecule has 17 heavy (non-hydrogen) atoms. The van der Waals surface area contributed by atoms with Crippen LogP contribution in [0.5, 0.6) is 0 Å². The van der Waals surface area contributed by atoms with E-state index in [0.717, 1.165) is 38.4 Å². The topological polar surface area (TPSA) is 56.3 Å². The first-order valence-electron chi connectivity index (χ1n) is 6.28. The Morgan fingerprint density at radius 3 is 3.06 bits per heavy atom. The summed E-state index contributed by atoms with van der Waals surface area (Å²) in [6.07, 6.45) is 0.983. The van der Waals surface area contributed by atoms with Crippen molar-refractivity contribution in [3.63, 3.8) is 0 Å². The first-order chi connectivity index (χ1) is 8.24. The van der Waals surface area contributed by atoms with Crippen molar-refractivity contribution in [3.05, 3.63) is 17.5 Å². The van der Waals surface area contributed by atoms with Gasteiger partial charge in [-0.1, -0.05) is 6.92 Å². The molecule has 1 unspecified atom stereocenters. The summed E-state index contributed by atoms with van der Waals surface area (Å²) in [4.78, 5) is 2.39. The van der Waals surface area contributed by atoms with Gasteiger partial charge < -0.3 is 10.5 Å². The zero-order chi connectivity index (χ0) is 12.3. The lowest BCUT2D eigenvalue weighted by Crippen LogP contribution is -2.48. The standard InChI is InChI=1S/C12H22N4O/c1-3-10-6-11(15(2)14-10)8-16-4-5-17-9-12(16)7-13/h6,12H,3-5,7-9,13H2,1-2H3. The predicted molar refractivity (Wildman–Crippen MR) is 66.7 cm³/mol. The number of nitrogens with two attached hydrogens (primary N) is 1. The van der Waals surface area contributed by atoms with Crippen LogP contribution in [0.1, 0.15) is 18.3 Å². The van der Waals surface area contributed by atoms with Crippen LogP contribution in [0.3, 0.4) is 0 Å². The van der Waals surface area contributed by atoms with Gasteiger partial charge in [0.15, 0.2) is 0 Å². The van der Waals surface area contributed by atoms with Crippen molar-refractivity contribution in [3.8, 4) is 0 Å². The number of morpholine rings is 1. The van der Waals surface area contributed by atoms with Crippen molar-refractivity contribution in [2.24, 2.45) is 12.8 Å². The fourth-order valence-electron chi connectivity index (χ4n) is 2.21. The minimum atomic E-state index is 0.337. The van der Waals surface area contributed by atoms with Crippen molar-refractivity contribution < 1.29 is 4.74 Å². The summed E-state index contributed by atoms with van der Waals surface area (Å²) in [6.45, 7) is 6.19. The number of hydrogen-bond acceptors (Lipinski definition) is 4. The molecule has 2 N–H and O–H groups in total. The lowest BCUT2D eigenvalue weighted by Gasteiger charge is -2.34. The van der Waals surface area contributed by atoms with Crippen LogP contribution in [0.4, 0.5) is 0 Å². The maximum absolute atomic E-state index is 5.77. The van der Waals surface area contributed by atoms with Gasteiger partial charge in [-0.25, -0.2) is 0 Å². The molecule has 96 valence electrons. The van der Waals surface area contributed by atoms with Crippen LogP contribution in [-0.2, 0) is 24.8 Å². The van der Waals surface area contributed by atoms with Crippen LogP contribution < -0.4 is 5.73 Å². The van der Waals surface area contributed by atoms with E-state index in [0.29, 0.717) is 12.6 Å².